The van der Waals surface area contributed by atoms with Crippen LogP contribution >= 0.6 is 12.2 Å². The lowest BCUT2D eigenvalue weighted by Gasteiger charge is -2.05. The average Bonchev–Trinajstić information content (AvgIpc) is 2.76. The summed E-state index contributed by atoms with van der Waals surface area (Å²) in [6.45, 7) is 7.55. The Labute approximate surface area is 136 Å². The quantitative estimate of drug-likeness (QED) is 0.505. The number of hydrazone groups is 1. The number of aromatic nitrogens is 2. The number of benzene rings is 1. The fourth-order valence-electron chi connectivity index (χ4n) is 2.16. The number of hydrogen-bond acceptors (Lipinski definition) is 3. The predicted molar refractivity (Wildman–Crippen MR) is 94.2 cm³/mol. The maximum atomic E-state index is 5.07. The van der Waals surface area contributed by atoms with E-state index in [0.717, 1.165) is 30.0 Å². The van der Waals surface area contributed by atoms with Crippen LogP contribution in [0.25, 0.3) is 0 Å². The van der Waals surface area contributed by atoms with Crippen LogP contribution in [0, 0.1) is 13.8 Å². The van der Waals surface area contributed by atoms with Gasteiger partial charge in [0.15, 0.2) is 5.11 Å². The summed E-state index contributed by atoms with van der Waals surface area (Å²) in [5.41, 5.74) is 7.08. The summed E-state index contributed by atoms with van der Waals surface area (Å²) in [5, 5.41) is 12.3. The van der Waals surface area contributed by atoms with E-state index in [4.69, 9.17) is 12.2 Å². The van der Waals surface area contributed by atoms with Crippen molar-refractivity contribution in [3.63, 3.8) is 0 Å². The molecule has 0 aliphatic rings. The number of hydrogen-bond donors (Lipinski definition) is 2. The fraction of sp³-hybridized carbons (Fsp3) is 0.312. The topological polar surface area (TPSA) is 54.2 Å². The van der Waals surface area contributed by atoms with E-state index in [1.807, 2.05) is 43.7 Å². The standard InChI is InChI=1S/C16H21N5S/c1-4-17-16(22)19-18-10-15-12(2)20-21(13(15)3)11-14-8-6-5-7-9-14/h5-10H,4,11H2,1-3H3,(H2,17,19,22)/b18-10-. The molecule has 116 valence electrons. The summed E-state index contributed by atoms with van der Waals surface area (Å²) in [6.07, 6.45) is 1.77. The van der Waals surface area contributed by atoms with Crippen LogP contribution in [0.2, 0.25) is 0 Å². The molecular weight excluding hydrogens is 294 g/mol. The Kier molecular flexibility index (Phi) is 5.66. The van der Waals surface area contributed by atoms with Crippen LogP contribution in [0.15, 0.2) is 35.4 Å². The molecule has 2 aromatic rings. The Bertz CT molecular complexity index is 661. The predicted octanol–water partition coefficient (Wildman–Crippen LogP) is 2.37. The van der Waals surface area contributed by atoms with Gasteiger partial charge in [-0.3, -0.25) is 10.1 Å². The van der Waals surface area contributed by atoms with Gasteiger partial charge in [0.2, 0.25) is 0 Å². The molecule has 5 nitrogen and oxygen atoms in total. The molecule has 0 radical (unpaired) electrons. The van der Waals surface area contributed by atoms with E-state index in [1.54, 1.807) is 6.21 Å². The van der Waals surface area contributed by atoms with E-state index in [9.17, 15) is 0 Å². The van der Waals surface area contributed by atoms with Gasteiger partial charge in [0.25, 0.3) is 0 Å². The molecule has 0 unspecified atom stereocenters. The lowest BCUT2D eigenvalue weighted by molar-refractivity contribution is 0.659. The SMILES string of the molecule is CCNC(=S)N/N=C\c1c(C)nn(Cc2ccccc2)c1C. The zero-order valence-electron chi connectivity index (χ0n) is 13.1. The number of nitrogens with one attached hydrogen (secondary N) is 2. The van der Waals surface area contributed by atoms with Crippen molar-refractivity contribution < 1.29 is 0 Å². The van der Waals surface area contributed by atoms with Gasteiger partial charge in [0.05, 0.1) is 18.5 Å². The molecule has 2 rings (SSSR count). The van der Waals surface area contributed by atoms with Crippen LogP contribution in [0.1, 0.15) is 29.4 Å². The number of nitrogens with zero attached hydrogens (tertiary/aromatic N) is 3. The minimum absolute atomic E-state index is 0.519. The molecule has 0 aliphatic carbocycles. The lowest BCUT2D eigenvalue weighted by Crippen LogP contribution is -2.31. The second-order valence-electron chi connectivity index (χ2n) is 4.96. The zero-order valence-corrected chi connectivity index (χ0v) is 13.9. The van der Waals surface area contributed by atoms with Gasteiger partial charge in [-0.1, -0.05) is 30.3 Å². The van der Waals surface area contributed by atoms with Crippen LogP contribution in [0.3, 0.4) is 0 Å². The molecule has 0 saturated heterocycles. The minimum atomic E-state index is 0.519. The Morgan fingerprint density at radius 3 is 2.73 bits per heavy atom. The molecule has 1 heterocycles. The van der Waals surface area contributed by atoms with Crippen molar-refractivity contribution in [3.8, 4) is 0 Å². The molecule has 1 aromatic heterocycles. The molecule has 1 aromatic carbocycles. The van der Waals surface area contributed by atoms with Gasteiger partial charge in [-0.05, 0) is 38.6 Å². The maximum Gasteiger partial charge on any atom is 0.186 e. The van der Waals surface area contributed by atoms with Gasteiger partial charge >= 0.3 is 0 Å². The van der Waals surface area contributed by atoms with Crippen LogP contribution in [-0.4, -0.2) is 27.7 Å². The number of aryl methyl sites for hydroxylation is 1. The third kappa shape index (κ3) is 4.14. The molecule has 0 bridgehead atoms. The first kappa shape index (κ1) is 16.2. The first-order valence-corrected chi connectivity index (χ1v) is 7.67. The molecule has 0 saturated carbocycles. The minimum Gasteiger partial charge on any atom is -0.362 e. The summed E-state index contributed by atoms with van der Waals surface area (Å²) in [5.74, 6) is 0. The first-order chi connectivity index (χ1) is 10.6. The van der Waals surface area contributed by atoms with Crippen LogP contribution < -0.4 is 10.7 Å². The van der Waals surface area contributed by atoms with E-state index < -0.39 is 0 Å². The van der Waals surface area contributed by atoms with Gasteiger partial charge in [-0.15, -0.1) is 0 Å². The highest BCUT2D eigenvalue weighted by molar-refractivity contribution is 7.80. The van der Waals surface area contributed by atoms with Gasteiger partial charge < -0.3 is 5.32 Å². The van der Waals surface area contributed by atoms with E-state index >= 15 is 0 Å². The molecule has 0 aliphatic heterocycles. The summed E-state index contributed by atoms with van der Waals surface area (Å²) in [6, 6.07) is 10.3. The van der Waals surface area contributed by atoms with Crippen molar-refractivity contribution in [2.75, 3.05) is 6.54 Å². The van der Waals surface area contributed by atoms with Crippen molar-refractivity contribution >= 4 is 23.5 Å². The van der Waals surface area contributed by atoms with Crippen molar-refractivity contribution in [3.05, 3.63) is 52.8 Å². The Morgan fingerprint density at radius 1 is 1.32 bits per heavy atom. The van der Waals surface area contributed by atoms with E-state index in [0.29, 0.717) is 5.11 Å². The van der Waals surface area contributed by atoms with E-state index in [2.05, 4.69) is 33.1 Å². The van der Waals surface area contributed by atoms with Gasteiger partial charge in [0, 0.05) is 17.8 Å². The van der Waals surface area contributed by atoms with Gasteiger partial charge in [-0.25, -0.2) is 0 Å². The van der Waals surface area contributed by atoms with Crippen LogP contribution in [0.5, 0.6) is 0 Å². The van der Waals surface area contributed by atoms with Crippen LogP contribution in [0.4, 0.5) is 0 Å². The zero-order chi connectivity index (χ0) is 15.9. The van der Waals surface area contributed by atoms with Crippen molar-refractivity contribution in [1.29, 1.82) is 0 Å². The Morgan fingerprint density at radius 2 is 2.05 bits per heavy atom. The largest absolute Gasteiger partial charge is 0.362 e. The normalized spacial score (nSPS) is 10.9. The molecule has 0 spiro atoms. The highest BCUT2D eigenvalue weighted by Crippen LogP contribution is 2.12. The van der Waals surface area contributed by atoms with Gasteiger partial charge in [0.1, 0.15) is 0 Å². The molecule has 22 heavy (non-hydrogen) atoms. The van der Waals surface area contributed by atoms with Crippen LogP contribution in [-0.2, 0) is 6.54 Å². The number of thiocarbonyl (C=S) groups is 1. The summed E-state index contributed by atoms with van der Waals surface area (Å²) < 4.78 is 1.99. The van der Waals surface area contributed by atoms with E-state index in [1.165, 1.54) is 5.56 Å². The maximum absolute atomic E-state index is 5.07. The highest BCUT2D eigenvalue weighted by atomic mass is 32.1. The molecule has 0 amide bonds. The molecule has 0 fully saturated rings. The summed E-state index contributed by atoms with van der Waals surface area (Å²) in [4.78, 5) is 0. The molecular formula is C16H21N5S. The van der Waals surface area contributed by atoms with Crippen molar-refractivity contribution in [2.24, 2.45) is 5.10 Å². The summed E-state index contributed by atoms with van der Waals surface area (Å²) in [7, 11) is 0. The summed E-state index contributed by atoms with van der Waals surface area (Å²) >= 11 is 5.07. The number of rotatable bonds is 5. The van der Waals surface area contributed by atoms with Crippen molar-refractivity contribution in [1.82, 2.24) is 20.5 Å². The third-order valence-corrected chi connectivity index (χ3v) is 3.55. The first-order valence-electron chi connectivity index (χ1n) is 7.26. The molecule has 2 N–H and O–H groups in total. The van der Waals surface area contributed by atoms with E-state index in [-0.39, 0.29) is 0 Å². The fourth-order valence-corrected chi connectivity index (χ4v) is 2.36. The van der Waals surface area contributed by atoms with Gasteiger partial charge in [-0.2, -0.15) is 10.2 Å². The third-order valence-electron chi connectivity index (χ3n) is 3.31. The average molecular weight is 315 g/mol. The van der Waals surface area contributed by atoms with Crippen molar-refractivity contribution in [2.45, 2.75) is 27.3 Å². The monoisotopic (exact) mass is 315 g/mol. The Hall–Kier alpha value is -2.21. The second-order valence-corrected chi connectivity index (χ2v) is 5.37. The highest BCUT2D eigenvalue weighted by Gasteiger charge is 2.09. The smallest absolute Gasteiger partial charge is 0.186 e. The molecule has 0 atom stereocenters. The second kappa shape index (κ2) is 7.70. The molecule has 6 heteroatoms. The Balaban J connectivity index is 2.10. The lowest BCUT2D eigenvalue weighted by atomic mass is 10.2.